The molecule has 0 bridgehead atoms. The monoisotopic (exact) mass is 328 g/mol. The van der Waals surface area contributed by atoms with Crippen molar-refractivity contribution in [2.75, 3.05) is 18.9 Å². The van der Waals surface area contributed by atoms with Crippen molar-refractivity contribution in [2.24, 2.45) is 0 Å². The second-order valence-corrected chi connectivity index (χ2v) is 4.76. The highest BCUT2D eigenvalue weighted by Crippen LogP contribution is 2.19. The van der Waals surface area contributed by atoms with Crippen molar-refractivity contribution in [1.29, 1.82) is 0 Å². The minimum atomic E-state index is -0.248. The van der Waals surface area contributed by atoms with Crippen molar-refractivity contribution >= 4 is 33.5 Å². The Balaban J connectivity index is 2.39. The fourth-order valence-electron chi connectivity index (χ4n) is 1.48. The molecule has 0 heterocycles. The van der Waals surface area contributed by atoms with Crippen molar-refractivity contribution in [3.63, 3.8) is 0 Å². The van der Waals surface area contributed by atoms with E-state index in [1.807, 2.05) is 0 Å². The molecule has 1 rings (SSSR count). The number of hydrogen-bond donors (Lipinski definition) is 2. The van der Waals surface area contributed by atoms with Gasteiger partial charge in [0.2, 0.25) is 0 Å². The normalized spacial score (nSPS) is 10.0. The lowest BCUT2D eigenvalue weighted by Crippen LogP contribution is -2.25. The van der Waals surface area contributed by atoms with Crippen LogP contribution in [-0.4, -0.2) is 25.0 Å². The van der Waals surface area contributed by atoms with Crippen molar-refractivity contribution < 1.29 is 14.3 Å². The molecule has 1 aromatic carbocycles. The molecule has 0 aliphatic heterocycles. The Kier molecular flexibility index (Phi) is 6.35. The number of carbonyl (C=O) groups is 2. The minimum absolute atomic E-state index is 0.219. The van der Waals surface area contributed by atoms with E-state index in [4.69, 9.17) is 10.5 Å². The molecule has 1 amide bonds. The van der Waals surface area contributed by atoms with Gasteiger partial charge in [-0.25, -0.2) is 0 Å². The SMILES string of the molecule is CCOC(=O)CCCNC(=O)c1cc(N)ccc1Br. The van der Waals surface area contributed by atoms with Gasteiger partial charge in [0, 0.05) is 23.1 Å². The van der Waals surface area contributed by atoms with Crippen LogP contribution in [0.25, 0.3) is 0 Å². The first-order valence-corrected chi connectivity index (χ1v) is 6.82. The van der Waals surface area contributed by atoms with Gasteiger partial charge in [-0.2, -0.15) is 0 Å². The number of ether oxygens (including phenoxy) is 1. The molecule has 5 nitrogen and oxygen atoms in total. The maximum Gasteiger partial charge on any atom is 0.305 e. The topological polar surface area (TPSA) is 81.4 Å². The van der Waals surface area contributed by atoms with Gasteiger partial charge in [0.25, 0.3) is 5.91 Å². The van der Waals surface area contributed by atoms with Crippen LogP contribution in [0.15, 0.2) is 22.7 Å². The minimum Gasteiger partial charge on any atom is -0.466 e. The first-order chi connectivity index (χ1) is 9.04. The lowest BCUT2D eigenvalue weighted by atomic mass is 10.2. The second kappa shape index (κ2) is 7.78. The summed E-state index contributed by atoms with van der Waals surface area (Å²) in [6, 6.07) is 5.04. The summed E-state index contributed by atoms with van der Waals surface area (Å²) in [6.45, 7) is 2.55. The third-order valence-corrected chi connectivity index (χ3v) is 3.08. The molecule has 6 heteroatoms. The van der Waals surface area contributed by atoms with E-state index in [0.717, 1.165) is 0 Å². The Morgan fingerprint density at radius 2 is 2.16 bits per heavy atom. The average molecular weight is 329 g/mol. The largest absolute Gasteiger partial charge is 0.466 e. The molecule has 0 fully saturated rings. The van der Waals surface area contributed by atoms with Gasteiger partial charge < -0.3 is 15.8 Å². The molecule has 0 spiro atoms. The number of nitrogens with one attached hydrogen (secondary N) is 1. The highest BCUT2D eigenvalue weighted by atomic mass is 79.9. The molecule has 3 N–H and O–H groups in total. The summed E-state index contributed by atoms with van der Waals surface area (Å²) in [5.41, 5.74) is 6.64. The van der Waals surface area contributed by atoms with Gasteiger partial charge in [0.1, 0.15) is 0 Å². The molecule has 104 valence electrons. The molecule has 0 radical (unpaired) electrons. The van der Waals surface area contributed by atoms with E-state index in [0.29, 0.717) is 41.7 Å². The van der Waals surface area contributed by atoms with Crippen LogP contribution in [-0.2, 0) is 9.53 Å². The van der Waals surface area contributed by atoms with E-state index < -0.39 is 0 Å². The molecule has 0 atom stereocenters. The molecular formula is C13H17BrN2O3. The van der Waals surface area contributed by atoms with Crippen LogP contribution in [0.3, 0.4) is 0 Å². The van der Waals surface area contributed by atoms with Gasteiger partial charge in [-0.3, -0.25) is 9.59 Å². The van der Waals surface area contributed by atoms with Gasteiger partial charge in [-0.05, 0) is 47.5 Å². The van der Waals surface area contributed by atoms with E-state index in [1.54, 1.807) is 25.1 Å². The van der Waals surface area contributed by atoms with Gasteiger partial charge in [-0.15, -0.1) is 0 Å². The first-order valence-electron chi connectivity index (χ1n) is 6.03. The van der Waals surface area contributed by atoms with Gasteiger partial charge >= 0.3 is 5.97 Å². The molecule has 0 aliphatic carbocycles. The van der Waals surface area contributed by atoms with Crippen LogP contribution in [0, 0.1) is 0 Å². The van der Waals surface area contributed by atoms with Crippen molar-refractivity contribution in [3.8, 4) is 0 Å². The highest BCUT2D eigenvalue weighted by Gasteiger charge is 2.10. The fraction of sp³-hybridized carbons (Fsp3) is 0.385. The number of esters is 1. The molecule has 0 unspecified atom stereocenters. The first kappa shape index (κ1) is 15.5. The lowest BCUT2D eigenvalue weighted by Gasteiger charge is -2.07. The van der Waals surface area contributed by atoms with Crippen molar-refractivity contribution in [2.45, 2.75) is 19.8 Å². The predicted molar refractivity (Wildman–Crippen MR) is 76.8 cm³/mol. The van der Waals surface area contributed by atoms with Crippen molar-refractivity contribution in [3.05, 3.63) is 28.2 Å². The third-order valence-electron chi connectivity index (χ3n) is 2.38. The van der Waals surface area contributed by atoms with Gasteiger partial charge in [0.15, 0.2) is 0 Å². The van der Waals surface area contributed by atoms with E-state index >= 15 is 0 Å². The number of nitrogen functional groups attached to an aromatic ring is 1. The molecule has 0 saturated carbocycles. The van der Waals surface area contributed by atoms with Gasteiger partial charge in [0.05, 0.1) is 12.2 Å². The number of nitrogens with two attached hydrogens (primary N) is 1. The summed E-state index contributed by atoms with van der Waals surface area (Å²) < 4.78 is 5.48. The molecule has 19 heavy (non-hydrogen) atoms. The highest BCUT2D eigenvalue weighted by molar-refractivity contribution is 9.10. The second-order valence-electron chi connectivity index (χ2n) is 3.90. The smallest absolute Gasteiger partial charge is 0.305 e. The third kappa shape index (κ3) is 5.30. The van der Waals surface area contributed by atoms with E-state index in [9.17, 15) is 9.59 Å². The number of amides is 1. The number of anilines is 1. The summed E-state index contributed by atoms with van der Waals surface area (Å²) in [7, 11) is 0. The number of rotatable bonds is 6. The van der Waals surface area contributed by atoms with Crippen molar-refractivity contribution in [1.82, 2.24) is 5.32 Å². The predicted octanol–water partition coefficient (Wildman–Crippen LogP) is 2.10. The maximum atomic E-state index is 11.9. The van der Waals surface area contributed by atoms with Crippen LogP contribution in [0.1, 0.15) is 30.1 Å². The molecular weight excluding hydrogens is 312 g/mol. The summed E-state index contributed by atoms with van der Waals surface area (Å²) in [5.74, 6) is -0.468. The quantitative estimate of drug-likeness (QED) is 0.476. The zero-order valence-electron chi connectivity index (χ0n) is 10.7. The van der Waals surface area contributed by atoms with Crippen LogP contribution in [0.2, 0.25) is 0 Å². The van der Waals surface area contributed by atoms with E-state index in [1.165, 1.54) is 0 Å². The molecule has 0 aromatic heterocycles. The van der Waals surface area contributed by atoms with E-state index in [-0.39, 0.29) is 11.9 Å². The van der Waals surface area contributed by atoms with Crippen LogP contribution in [0.5, 0.6) is 0 Å². The molecule has 1 aromatic rings. The Morgan fingerprint density at radius 1 is 1.42 bits per heavy atom. The van der Waals surface area contributed by atoms with E-state index in [2.05, 4.69) is 21.2 Å². The Labute approximate surface area is 120 Å². The summed E-state index contributed by atoms with van der Waals surface area (Å²) in [6.07, 6.45) is 0.844. The number of hydrogen-bond acceptors (Lipinski definition) is 4. The lowest BCUT2D eigenvalue weighted by molar-refractivity contribution is -0.143. The fourth-order valence-corrected chi connectivity index (χ4v) is 1.91. The zero-order valence-corrected chi connectivity index (χ0v) is 12.3. The number of halogens is 1. The summed E-state index contributed by atoms with van der Waals surface area (Å²) in [5, 5.41) is 2.73. The zero-order chi connectivity index (χ0) is 14.3. The Morgan fingerprint density at radius 3 is 2.84 bits per heavy atom. The number of benzene rings is 1. The average Bonchev–Trinajstić information content (AvgIpc) is 2.37. The summed E-state index contributed by atoms with van der Waals surface area (Å²) in [4.78, 5) is 23.0. The van der Waals surface area contributed by atoms with Crippen LogP contribution >= 0.6 is 15.9 Å². The Hall–Kier alpha value is -1.56. The van der Waals surface area contributed by atoms with Crippen LogP contribution in [0.4, 0.5) is 5.69 Å². The van der Waals surface area contributed by atoms with Gasteiger partial charge in [-0.1, -0.05) is 0 Å². The summed E-state index contributed by atoms with van der Waals surface area (Å²) >= 11 is 3.29. The Bertz CT molecular complexity index is 463. The number of carbonyl (C=O) groups excluding carboxylic acids is 2. The standard InChI is InChI=1S/C13H17BrN2O3/c1-2-19-12(17)4-3-7-16-13(18)10-8-9(15)5-6-11(10)14/h5-6,8H,2-4,7,15H2,1H3,(H,16,18). The maximum absolute atomic E-state index is 11.9. The van der Waals surface area contributed by atoms with Crippen LogP contribution < -0.4 is 11.1 Å². The molecule has 0 saturated heterocycles. The molecule has 0 aliphatic rings.